The molecule has 0 bridgehead atoms. The van der Waals surface area contributed by atoms with E-state index in [1.807, 2.05) is 32.9 Å². The molecule has 0 heterocycles. The first-order chi connectivity index (χ1) is 9.84. The lowest BCUT2D eigenvalue weighted by Gasteiger charge is -2.14. The fourth-order valence-electron chi connectivity index (χ4n) is 2.47. The quantitative estimate of drug-likeness (QED) is 0.840. The zero-order chi connectivity index (χ0) is 15.6. The molecule has 1 aromatic carbocycles. The van der Waals surface area contributed by atoms with Gasteiger partial charge in [0.25, 0.3) is 5.91 Å². The molecule has 0 unspecified atom stereocenters. The van der Waals surface area contributed by atoms with Gasteiger partial charge in [0.1, 0.15) is 5.75 Å². The number of carbonyl (C=O) groups is 2. The lowest BCUT2D eigenvalue weighted by molar-refractivity contribution is -0.143. The Morgan fingerprint density at radius 2 is 1.81 bits per heavy atom. The minimum Gasteiger partial charge on any atom is -0.483 e. The number of benzene rings is 1. The third kappa shape index (κ3) is 3.54. The van der Waals surface area contributed by atoms with E-state index in [0.717, 1.165) is 22.4 Å². The molecule has 5 heteroatoms. The van der Waals surface area contributed by atoms with E-state index in [-0.39, 0.29) is 19.1 Å². The standard InChI is InChI=1S/C16H21NO4/c1-10-6-11(2)14(12(3)7-10)21-8-13(18)17-9-16(4-5-16)15(19)20/h6-7H,4-5,8-9H2,1-3H3,(H,17,18)(H,19,20). The molecule has 2 rings (SSSR count). The fraction of sp³-hybridized carbons (Fsp3) is 0.500. The number of rotatable bonds is 6. The highest BCUT2D eigenvalue weighted by Gasteiger charge is 2.50. The SMILES string of the molecule is Cc1cc(C)c(OCC(=O)NCC2(C(=O)O)CC2)c(C)c1. The van der Waals surface area contributed by atoms with Crippen LogP contribution >= 0.6 is 0 Å². The summed E-state index contributed by atoms with van der Waals surface area (Å²) in [6.45, 7) is 5.97. The summed E-state index contributed by atoms with van der Waals surface area (Å²) in [5.74, 6) is -0.411. The van der Waals surface area contributed by atoms with E-state index in [0.29, 0.717) is 12.8 Å². The molecule has 1 aromatic rings. The van der Waals surface area contributed by atoms with E-state index < -0.39 is 11.4 Å². The van der Waals surface area contributed by atoms with E-state index in [9.17, 15) is 9.59 Å². The highest BCUT2D eigenvalue weighted by atomic mass is 16.5. The molecule has 0 spiro atoms. The molecule has 2 N–H and O–H groups in total. The Morgan fingerprint density at radius 3 is 2.29 bits per heavy atom. The zero-order valence-corrected chi connectivity index (χ0v) is 12.7. The summed E-state index contributed by atoms with van der Waals surface area (Å²) in [7, 11) is 0. The molecule has 0 aromatic heterocycles. The van der Waals surface area contributed by atoms with Gasteiger partial charge in [0, 0.05) is 6.54 Å². The van der Waals surface area contributed by atoms with Crippen LogP contribution < -0.4 is 10.1 Å². The number of carboxylic acids is 1. The van der Waals surface area contributed by atoms with Gasteiger partial charge in [0.05, 0.1) is 5.41 Å². The van der Waals surface area contributed by atoms with Crippen LogP contribution in [0.3, 0.4) is 0 Å². The van der Waals surface area contributed by atoms with Crippen molar-refractivity contribution in [3.63, 3.8) is 0 Å². The van der Waals surface area contributed by atoms with E-state index in [4.69, 9.17) is 9.84 Å². The topological polar surface area (TPSA) is 75.6 Å². The molecule has 0 atom stereocenters. The van der Waals surface area contributed by atoms with Gasteiger partial charge in [-0.15, -0.1) is 0 Å². The number of ether oxygens (including phenoxy) is 1. The minimum atomic E-state index is -0.839. The smallest absolute Gasteiger partial charge is 0.311 e. The Hall–Kier alpha value is -2.04. The molecule has 1 amide bonds. The van der Waals surface area contributed by atoms with Crippen LogP contribution in [0.25, 0.3) is 0 Å². The number of aryl methyl sites for hydroxylation is 3. The lowest BCUT2D eigenvalue weighted by atomic mass is 10.1. The third-order valence-corrected chi connectivity index (χ3v) is 3.88. The summed E-state index contributed by atoms with van der Waals surface area (Å²) in [6.07, 6.45) is 1.25. The van der Waals surface area contributed by atoms with Crippen LogP contribution in [0.4, 0.5) is 0 Å². The third-order valence-electron chi connectivity index (χ3n) is 3.88. The van der Waals surface area contributed by atoms with Crippen molar-refractivity contribution in [2.75, 3.05) is 13.2 Å². The van der Waals surface area contributed by atoms with Crippen molar-refractivity contribution >= 4 is 11.9 Å². The molecule has 0 radical (unpaired) electrons. The number of carboxylic acid groups (broad SMARTS) is 1. The molecule has 0 saturated heterocycles. The van der Waals surface area contributed by atoms with E-state index >= 15 is 0 Å². The molecule has 1 aliphatic carbocycles. The number of nitrogens with one attached hydrogen (secondary N) is 1. The highest BCUT2D eigenvalue weighted by Crippen LogP contribution is 2.45. The van der Waals surface area contributed by atoms with Gasteiger partial charge >= 0.3 is 5.97 Å². The second-order valence-electron chi connectivity index (χ2n) is 5.88. The van der Waals surface area contributed by atoms with Gasteiger partial charge in [-0.1, -0.05) is 17.7 Å². The van der Waals surface area contributed by atoms with Gasteiger partial charge in [0.2, 0.25) is 0 Å². The average Bonchev–Trinajstić information content (AvgIpc) is 3.16. The van der Waals surface area contributed by atoms with Gasteiger partial charge < -0.3 is 15.2 Å². The molecule has 1 saturated carbocycles. The van der Waals surface area contributed by atoms with Crippen LogP contribution in [0.1, 0.15) is 29.5 Å². The molecule has 0 aliphatic heterocycles. The monoisotopic (exact) mass is 291 g/mol. The van der Waals surface area contributed by atoms with Crippen LogP contribution in [0.5, 0.6) is 5.75 Å². The van der Waals surface area contributed by atoms with Crippen LogP contribution in [0.15, 0.2) is 12.1 Å². The minimum absolute atomic E-state index is 0.0968. The summed E-state index contributed by atoms with van der Waals surface area (Å²) in [4.78, 5) is 22.8. The Balaban J connectivity index is 1.86. The molecule has 5 nitrogen and oxygen atoms in total. The van der Waals surface area contributed by atoms with Crippen molar-refractivity contribution in [3.8, 4) is 5.75 Å². The van der Waals surface area contributed by atoms with Gasteiger partial charge in [-0.2, -0.15) is 0 Å². The maximum Gasteiger partial charge on any atom is 0.311 e. The van der Waals surface area contributed by atoms with Crippen molar-refractivity contribution in [1.82, 2.24) is 5.32 Å². The summed E-state index contributed by atoms with van der Waals surface area (Å²) in [6, 6.07) is 4.01. The number of carbonyl (C=O) groups excluding carboxylic acids is 1. The van der Waals surface area contributed by atoms with Crippen LogP contribution in [-0.4, -0.2) is 30.1 Å². The summed E-state index contributed by atoms with van der Waals surface area (Å²) >= 11 is 0. The van der Waals surface area contributed by atoms with Crippen LogP contribution in [0.2, 0.25) is 0 Å². The normalized spacial score (nSPS) is 15.4. The van der Waals surface area contributed by atoms with Crippen molar-refractivity contribution < 1.29 is 19.4 Å². The van der Waals surface area contributed by atoms with Crippen molar-refractivity contribution in [2.24, 2.45) is 5.41 Å². The Kier molecular flexibility index (Phi) is 4.21. The molecule has 21 heavy (non-hydrogen) atoms. The highest BCUT2D eigenvalue weighted by molar-refractivity contribution is 5.81. The van der Waals surface area contributed by atoms with Gasteiger partial charge in [-0.3, -0.25) is 9.59 Å². The number of hydrogen-bond donors (Lipinski definition) is 2. The second-order valence-corrected chi connectivity index (χ2v) is 5.88. The number of amides is 1. The van der Waals surface area contributed by atoms with Crippen molar-refractivity contribution in [3.05, 3.63) is 28.8 Å². The molecular formula is C16H21NO4. The predicted molar refractivity (Wildman–Crippen MR) is 78.5 cm³/mol. The van der Waals surface area contributed by atoms with Crippen molar-refractivity contribution in [2.45, 2.75) is 33.6 Å². The fourth-order valence-corrected chi connectivity index (χ4v) is 2.47. The maximum absolute atomic E-state index is 11.8. The van der Waals surface area contributed by atoms with Crippen LogP contribution in [-0.2, 0) is 9.59 Å². The molecular weight excluding hydrogens is 270 g/mol. The number of aliphatic carboxylic acids is 1. The average molecular weight is 291 g/mol. The predicted octanol–water partition coefficient (Wildman–Crippen LogP) is 1.97. The zero-order valence-electron chi connectivity index (χ0n) is 12.7. The lowest BCUT2D eigenvalue weighted by Crippen LogP contribution is -2.36. The molecule has 114 valence electrons. The van der Waals surface area contributed by atoms with Gasteiger partial charge in [0.15, 0.2) is 6.61 Å². The first kappa shape index (κ1) is 15.4. The largest absolute Gasteiger partial charge is 0.483 e. The first-order valence-electron chi connectivity index (χ1n) is 7.05. The Morgan fingerprint density at radius 1 is 1.24 bits per heavy atom. The number of hydrogen-bond acceptors (Lipinski definition) is 3. The summed E-state index contributed by atoms with van der Waals surface area (Å²) in [5, 5.41) is 11.7. The second kappa shape index (κ2) is 5.76. The Bertz CT molecular complexity index is 553. The Labute approximate surface area is 124 Å². The van der Waals surface area contributed by atoms with Crippen LogP contribution in [0, 0.1) is 26.2 Å². The van der Waals surface area contributed by atoms with Crippen molar-refractivity contribution in [1.29, 1.82) is 0 Å². The molecule has 1 aliphatic rings. The first-order valence-corrected chi connectivity index (χ1v) is 7.05. The van der Waals surface area contributed by atoms with E-state index in [1.165, 1.54) is 0 Å². The summed E-state index contributed by atoms with van der Waals surface area (Å²) < 4.78 is 5.57. The summed E-state index contributed by atoms with van der Waals surface area (Å²) in [5.41, 5.74) is 2.39. The van der Waals surface area contributed by atoms with Gasteiger partial charge in [-0.05, 0) is 44.7 Å². The van der Waals surface area contributed by atoms with Gasteiger partial charge in [-0.25, -0.2) is 0 Å². The maximum atomic E-state index is 11.8. The molecule has 1 fully saturated rings. The van der Waals surface area contributed by atoms with E-state index in [2.05, 4.69) is 5.32 Å². The van der Waals surface area contributed by atoms with E-state index in [1.54, 1.807) is 0 Å².